The number of ether oxygens (including phenoxy) is 1. The third-order valence-electron chi connectivity index (χ3n) is 2.88. The molecule has 1 amide bonds. The third-order valence-corrected chi connectivity index (χ3v) is 2.88. The highest BCUT2D eigenvalue weighted by Crippen LogP contribution is 2.02. The third kappa shape index (κ3) is 7.86. The van der Waals surface area contributed by atoms with Gasteiger partial charge in [-0.25, -0.2) is 4.39 Å². The van der Waals surface area contributed by atoms with Crippen molar-refractivity contribution in [3.63, 3.8) is 0 Å². The molecule has 20 heavy (non-hydrogen) atoms. The van der Waals surface area contributed by atoms with Gasteiger partial charge in [-0.1, -0.05) is 12.1 Å². The number of halogens is 1. The minimum absolute atomic E-state index is 0.0337. The molecule has 0 radical (unpaired) electrons. The maximum Gasteiger partial charge on any atom is 0.221 e. The summed E-state index contributed by atoms with van der Waals surface area (Å²) in [5.41, 5.74) is 1.02. The summed E-state index contributed by atoms with van der Waals surface area (Å²) in [5.74, 6) is -0.205. The first-order valence-corrected chi connectivity index (χ1v) is 6.93. The monoisotopic (exact) mass is 282 g/mol. The lowest BCUT2D eigenvalue weighted by molar-refractivity contribution is -0.120. The van der Waals surface area contributed by atoms with Crippen molar-refractivity contribution in [3.05, 3.63) is 35.6 Å². The molecule has 1 rings (SSSR count). The van der Waals surface area contributed by atoms with Crippen LogP contribution in [0, 0.1) is 5.82 Å². The minimum atomic E-state index is -0.239. The molecular weight excluding hydrogens is 259 g/mol. The molecule has 0 aromatic heterocycles. The van der Waals surface area contributed by atoms with Crippen LogP contribution in [0.1, 0.15) is 18.4 Å². The van der Waals surface area contributed by atoms with Crippen molar-refractivity contribution in [2.24, 2.45) is 0 Å². The van der Waals surface area contributed by atoms with Crippen LogP contribution in [0.4, 0.5) is 4.39 Å². The average Bonchev–Trinajstić information content (AvgIpc) is 2.45. The summed E-state index contributed by atoms with van der Waals surface area (Å²) in [5, 5.41) is 6.03. The van der Waals surface area contributed by atoms with Crippen molar-refractivity contribution in [2.45, 2.75) is 19.3 Å². The first-order chi connectivity index (χ1) is 9.72. The smallest absolute Gasteiger partial charge is 0.221 e. The summed E-state index contributed by atoms with van der Waals surface area (Å²) in [6.07, 6.45) is 2.13. The molecule has 1 aromatic carbocycles. The summed E-state index contributed by atoms with van der Waals surface area (Å²) in [6.45, 7) is 2.84. The standard InChI is InChI=1S/C15H23FN2O2/c1-20-12-2-9-17-10-8-15(19)18-11-7-13-3-5-14(16)6-4-13/h3-6,17H,2,7-12H2,1H3,(H,18,19). The van der Waals surface area contributed by atoms with Crippen LogP contribution in [-0.2, 0) is 16.0 Å². The summed E-state index contributed by atoms with van der Waals surface area (Å²) >= 11 is 0. The van der Waals surface area contributed by atoms with Crippen LogP contribution in [0.5, 0.6) is 0 Å². The topological polar surface area (TPSA) is 50.4 Å². The first-order valence-electron chi connectivity index (χ1n) is 6.93. The number of hydrogen-bond donors (Lipinski definition) is 2. The van der Waals surface area contributed by atoms with Gasteiger partial charge in [0.15, 0.2) is 0 Å². The molecule has 0 aliphatic heterocycles. The lowest BCUT2D eigenvalue weighted by atomic mass is 10.1. The zero-order valence-electron chi connectivity index (χ0n) is 12.0. The van der Waals surface area contributed by atoms with Gasteiger partial charge in [0, 0.05) is 33.2 Å². The number of rotatable bonds is 10. The second kappa shape index (κ2) is 10.3. The van der Waals surface area contributed by atoms with Crippen LogP contribution in [0.2, 0.25) is 0 Å². The summed E-state index contributed by atoms with van der Waals surface area (Å²) in [7, 11) is 1.68. The zero-order chi connectivity index (χ0) is 14.6. The number of carbonyl (C=O) groups excluding carboxylic acids is 1. The van der Waals surface area contributed by atoms with Crippen molar-refractivity contribution in [2.75, 3.05) is 33.4 Å². The molecule has 0 bridgehead atoms. The number of nitrogens with one attached hydrogen (secondary N) is 2. The van der Waals surface area contributed by atoms with Crippen LogP contribution in [0.15, 0.2) is 24.3 Å². The summed E-state index contributed by atoms with van der Waals surface area (Å²) in [6, 6.07) is 6.33. The fraction of sp³-hybridized carbons (Fsp3) is 0.533. The SMILES string of the molecule is COCCCNCCC(=O)NCCc1ccc(F)cc1. The van der Waals surface area contributed by atoms with Crippen LogP contribution in [0.25, 0.3) is 0 Å². The second-order valence-electron chi connectivity index (χ2n) is 4.57. The molecule has 5 heteroatoms. The van der Waals surface area contributed by atoms with E-state index in [1.54, 1.807) is 19.2 Å². The van der Waals surface area contributed by atoms with E-state index in [9.17, 15) is 9.18 Å². The van der Waals surface area contributed by atoms with Crippen molar-refractivity contribution in [3.8, 4) is 0 Å². The quantitative estimate of drug-likeness (QED) is 0.639. The van der Waals surface area contributed by atoms with E-state index in [-0.39, 0.29) is 11.7 Å². The molecule has 0 saturated heterocycles. The molecule has 0 spiro atoms. The summed E-state index contributed by atoms with van der Waals surface area (Å²) < 4.78 is 17.6. The van der Waals surface area contributed by atoms with E-state index in [0.29, 0.717) is 25.9 Å². The van der Waals surface area contributed by atoms with Crippen LogP contribution < -0.4 is 10.6 Å². The summed E-state index contributed by atoms with van der Waals surface area (Å²) in [4.78, 5) is 11.5. The zero-order valence-corrected chi connectivity index (χ0v) is 12.0. The predicted molar refractivity (Wildman–Crippen MR) is 77.1 cm³/mol. The van der Waals surface area contributed by atoms with Crippen molar-refractivity contribution >= 4 is 5.91 Å². The van der Waals surface area contributed by atoms with Crippen LogP contribution in [0.3, 0.4) is 0 Å². The molecule has 2 N–H and O–H groups in total. The predicted octanol–water partition coefficient (Wildman–Crippen LogP) is 1.50. The minimum Gasteiger partial charge on any atom is -0.385 e. The van der Waals surface area contributed by atoms with Gasteiger partial charge in [-0.05, 0) is 37.1 Å². The Morgan fingerprint density at radius 1 is 1.20 bits per heavy atom. The van der Waals surface area contributed by atoms with Gasteiger partial charge < -0.3 is 15.4 Å². The Morgan fingerprint density at radius 3 is 2.65 bits per heavy atom. The highest BCUT2D eigenvalue weighted by Gasteiger charge is 2.00. The Hall–Kier alpha value is -1.46. The van der Waals surface area contributed by atoms with E-state index in [4.69, 9.17) is 4.74 Å². The van der Waals surface area contributed by atoms with Gasteiger partial charge in [0.1, 0.15) is 5.82 Å². The van der Waals surface area contributed by atoms with Gasteiger partial charge in [0.05, 0.1) is 0 Å². The van der Waals surface area contributed by atoms with Crippen LogP contribution in [-0.4, -0.2) is 39.3 Å². The average molecular weight is 282 g/mol. The first kappa shape index (κ1) is 16.6. The molecule has 0 aliphatic rings. The van der Waals surface area contributed by atoms with Crippen molar-refractivity contribution in [1.29, 1.82) is 0 Å². The number of benzene rings is 1. The van der Waals surface area contributed by atoms with Gasteiger partial charge in [0.2, 0.25) is 5.91 Å². The van der Waals surface area contributed by atoms with Gasteiger partial charge in [-0.15, -0.1) is 0 Å². The van der Waals surface area contributed by atoms with Gasteiger partial charge in [-0.3, -0.25) is 4.79 Å². The van der Waals surface area contributed by atoms with Crippen molar-refractivity contribution in [1.82, 2.24) is 10.6 Å². The Kier molecular flexibility index (Phi) is 8.58. The Labute approximate surface area is 119 Å². The highest BCUT2D eigenvalue weighted by molar-refractivity contribution is 5.76. The molecule has 1 aromatic rings. The Bertz CT molecular complexity index is 382. The van der Waals surface area contributed by atoms with Crippen LogP contribution >= 0.6 is 0 Å². The second-order valence-corrected chi connectivity index (χ2v) is 4.57. The van der Waals surface area contributed by atoms with Gasteiger partial charge in [-0.2, -0.15) is 0 Å². The lowest BCUT2D eigenvalue weighted by Gasteiger charge is -2.06. The number of methoxy groups -OCH3 is 1. The Balaban J connectivity index is 2.01. The molecule has 0 saturated carbocycles. The molecule has 112 valence electrons. The molecule has 0 aliphatic carbocycles. The van der Waals surface area contributed by atoms with Gasteiger partial charge in [0.25, 0.3) is 0 Å². The normalized spacial score (nSPS) is 10.5. The van der Waals surface area contributed by atoms with E-state index in [0.717, 1.165) is 25.1 Å². The van der Waals surface area contributed by atoms with E-state index in [1.807, 2.05) is 0 Å². The highest BCUT2D eigenvalue weighted by atomic mass is 19.1. The number of carbonyl (C=O) groups is 1. The lowest BCUT2D eigenvalue weighted by Crippen LogP contribution is -2.29. The van der Waals surface area contributed by atoms with Gasteiger partial charge >= 0.3 is 0 Å². The van der Waals surface area contributed by atoms with E-state index in [1.165, 1.54) is 12.1 Å². The fourth-order valence-electron chi connectivity index (χ4n) is 1.75. The van der Waals surface area contributed by atoms with E-state index < -0.39 is 0 Å². The molecule has 0 unspecified atom stereocenters. The number of hydrogen-bond acceptors (Lipinski definition) is 3. The maximum atomic E-state index is 12.7. The largest absolute Gasteiger partial charge is 0.385 e. The number of amides is 1. The van der Waals surface area contributed by atoms with E-state index >= 15 is 0 Å². The molecule has 0 atom stereocenters. The maximum absolute atomic E-state index is 12.7. The van der Waals surface area contributed by atoms with E-state index in [2.05, 4.69) is 10.6 Å². The molecule has 0 fully saturated rings. The Morgan fingerprint density at radius 2 is 1.95 bits per heavy atom. The molecule has 4 nitrogen and oxygen atoms in total. The van der Waals surface area contributed by atoms with Crippen molar-refractivity contribution < 1.29 is 13.9 Å². The fourth-order valence-corrected chi connectivity index (χ4v) is 1.75. The molecule has 0 heterocycles. The molecular formula is C15H23FN2O2.